The van der Waals surface area contributed by atoms with Gasteiger partial charge in [0.1, 0.15) is 0 Å². The number of nitrogens with two attached hydrogens (primary N) is 1. The molecule has 0 aromatic heterocycles. The number of carbonyl (C=O) groups excluding carboxylic acids is 1. The first-order valence-electron chi connectivity index (χ1n) is 7.59. The first-order valence-corrected chi connectivity index (χ1v) is 8.38. The Labute approximate surface area is 135 Å². The van der Waals surface area contributed by atoms with E-state index in [0.717, 1.165) is 29.4 Å². The molecule has 0 bridgehead atoms. The molecule has 1 saturated heterocycles. The summed E-state index contributed by atoms with van der Waals surface area (Å²) in [6, 6.07) is 8.41. The average molecular weight is 354 g/mol. The van der Waals surface area contributed by atoms with E-state index in [0.29, 0.717) is 19.1 Å². The number of benzene rings is 1. The van der Waals surface area contributed by atoms with Crippen molar-refractivity contribution in [3.05, 3.63) is 34.3 Å². The van der Waals surface area contributed by atoms with Crippen LogP contribution < -0.4 is 11.1 Å². The predicted octanol–water partition coefficient (Wildman–Crippen LogP) is 2.44. The summed E-state index contributed by atoms with van der Waals surface area (Å²) >= 11 is 3.42. The molecule has 0 spiro atoms. The average Bonchev–Trinajstić information content (AvgIpc) is 2.48. The number of nitrogens with one attached hydrogen (secondary N) is 1. The largest absolute Gasteiger partial charge is 0.348 e. The number of halogens is 1. The van der Waals surface area contributed by atoms with Crippen molar-refractivity contribution in [2.24, 2.45) is 5.73 Å². The third-order valence-corrected chi connectivity index (χ3v) is 4.64. The number of hydrogen-bond acceptors (Lipinski definition) is 3. The van der Waals surface area contributed by atoms with E-state index in [1.807, 2.05) is 31.2 Å². The van der Waals surface area contributed by atoms with Crippen molar-refractivity contribution in [3.63, 3.8) is 0 Å². The second-order valence-corrected chi connectivity index (χ2v) is 6.61. The third kappa shape index (κ3) is 4.80. The minimum atomic E-state index is 0.0201. The Balaban J connectivity index is 1.87. The van der Waals surface area contributed by atoms with Crippen LogP contribution in [0.15, 0.2) is 28.7 Å². The van der Waals surface area contributed by atoms with Gasteiger partial charge in [-0.15, -0.1) is 0 Å². The van der Waals surface area contributed by atoms with Crippen LogP contribution in [0.1, 0.15) is 37.8 Å². The first kappa shape index (κ1) is 16.5. The fourth-order valence-corrected chi connectivity index (χ4v) is 3.11. The molecule has 0 aliphatic carbocycles. The molecule has 1 aromatic carbocycles. The van der Waals surface area contributed by atoms with Crippen LogP contribution >= 0.6 is 15.9 Å². The van der Waals surface area contributed by atoms with E-state index in [-0.39, 0.29) is 11.9 Å². The molecule has 1 heterocycles. The molecule has 1 aliphatic rings. The molecule has 2 rings (SSSR count). The highest BCUT2D eigenvalue weighted by atomic mass is 79.9. The monoisotopic (exact) mass is 353 g/mol. The van der Waals surface area contributed by atoms with Gasteiger partial charge < -0.3 is 11.1 Å². The van der Waals surface area contributed by atoms with E-state index in [1.54, 1.807) is 0 Å². The maximum Gasteiger partial charge on any atom is 0.234 e. The highest BCUT2D eigenvalue weighted by Gasteiger charge is 2.23. The third-order valence-electron chi connectivity index (χ3n) is 4.12. The normalized spacial score (nSPS) is 21.0. The summed E-state index contributed by atoms with van der Waals surface area (Å²) < 4.78 is 1.05. The number of likely N-dealkylation sites (tertiary alicyclic amines) is 1. The molecular weight excluding hydrogens is 330 g/mol. The summed E-state index contributed by atoms with van der Waals surface area (Å²) in [6.45, 7) is 4.07. The molecule has 1 fully saturated rings. The maximum absolute atomic E-state index is 12.2. The van der Waals surface area contributed by atoms with E-state index in [2.05, 4.69) is 26.1 Å². The summed E-state index contributed by atoms with van der Waals surface area (Å²) in [5.74, 6) is 0.0748. The summed E-state index contributed by atoms with van der Waals surface area (Å²) in [5.41, 5.74) is 6.91. The number of amides is 1. The van der Waals surface area contributed by atoms with Crippen LogP contribution in [0.4, 0.5) is 0 Å². The highest BCUT2D eigenvalue weighted by Crippen LogP contribution is 2.18. The number of rotatable bonds is 5. The lowest BCUT2D eigenvalue weighted by Gasteiger charge is -2.34. The zero-order valence-electron chi connectivity index (χ0n) is 12.5. The van der Waals surface area contributed by atoms with Crippen molar-refractivity contribution in [3.8, 4) is 0 Å². The molecule has 1 aliphatic heterocycles. The van der Waals surface area contributed by atoms with Crippen molar-refractivity contribution in [2.75, 3.05) is 19.6 Å². The molecular formula is C16H24BrN3O. The van der Waals surface area contributed by atoms with Gasteiger partial charge in [0.15, 0.2) is 0 Å². The van der Waals surface area contributed by atoms with E-state index in [1.165, 1.54) is 6.42 Å². The van der Waals surface area contributed by atoms with Crippen LogP contribution in [0.2, 0.25) is 0 Å². The number of carbonyl (C=O) groups is 1. The minimum Gasteiger partial charge on any atom is -0.348 e. The zero-order valence-corrected chi connectivity index (χ0v) is 14.1. The topological polar surface area (TPSA) is 58.4 Å². The van der Waals surface area contributed by atoms with Gasteiger partial charge in [-0.05, 0) is 44.0 Å². The second-order valence-electron chi connectivity index (χ2n) is 5.70. The van der Waals surface area contributed by atoms with Crippen LogP contribution in [-0.2, 0) is 4.79 Å². The van der Waals surface area contributed by atoms with E-state index in [4.69, 9.17) is 5.73 Å². The van der Waals surface area contributed by atoms with E-state index in [9.17, 15) is 4.79 Å². The SMILES string of the molecule is CC(NC(=O)CN1CCCCC1CN)c1ccc(Br)cc1. The van der Waals surface area contributed by atoms with Gasteiger partial charge in [-0.2, -0.15) is 0 Å². The van der Waals surface area contributed by atoms with Gasteiger partial charge in [-0.3, -0.25) is 9.69 Å². The van der Waals surface area contributed by atoms with Crippen LogP contribution in [0, 0.1) is 0 Å². The summed E-state index contributed by atoms with van der Waals surface area (Å²) in [7, 11) is 0. The van der Waals surface area contributed by atoms with Gasteiger partial charge in [0, 0.05) is 17.1 Å². The first-order chi connectivity index (χ1) is 10.1. The minimum absolute atomic E-state index is 0.0201. The lowest BCUT2D eigenvalue weighted by atomic mass is 10.0. The Morgan fingerprint density at radius 2 is 2.14 bits per heavy atom. The Kier molecular flexibility index (Phi) is 6.21. The Hall–Kier alpha value is -0.910. The Bertz CT molecular complexity index is 463. The summed E-state index contributed by atoms with van der Waals surface area (Å²) in [6.07, 6.45) is 3.48. The Morgan fingerprint density at radius 1 is 1.43 bits per heavy atom. The van der Waals surface area contributed by atoms with Crippen LogP contribution in [0.25, 0.3) is 0 Å². The van der Waals surface area contributed by atoms with Gasteiger partial charge >= 0.3 is 0 Å². The number of nitrogens with zero attached hydrogens (tertiary/aromatic N) is 1. The predicted molar refractivity (Wildman–Crippen MR) is 89.0 cm³/mol. The van der Waals surface area contributed by atoms with E-state index < -0.39 is 0 Å². The fraction of sp³-hybridized carbons (Fsp3) is 0.562. The van der Waals surface area contributed by atoms with Crippen molar-refractivity contribution >= 4 is 21.8 Å². The number of hydrogen-bond donors (Lipinski definition) is 2. The van der Waals surface area contributed by atoms with Crippen LogP contribution in [-0.4, -0.2) is 36.5 Å². The van der Waals surface area contributed by atoms with Gasteiger partial charge in [-0.25, -0.2) is 0 Å². The highest BCUT2D eigenvalue weighted by molar-refractivity contribution is 9.10. The van der Waals surface area contributed by atoms with Crippen LogP contribution in [0.3, 0.4) is 0 Å². The molecule has 2 atom stereocenters. The lowest BCUT2D eigenvalue weighted by Crippen LogP contribution is -2.48. The van der Waals surface area contributed by atoms with Crippen molar-refractivity contribution in [1.29, 1.82) is 0 Å². The van der Waals surface area contributed by atoms with Crippen molar-refractivity contribution in [2.45, 2.75) is 38.3 Å². The fourth-order valence-electron chi connectivity index (χ4n) is 2.84. The molecule has 21 heavy (non-hydrogen) atoms. The van der Waals surface area contributed by atoms with Gasteiger partial charge in [0.25, 0.3) is 0 Å². The molecule has 1 amide bonds. The molecule has 0 radical (unpaired) electrons. The number of piperidine rings is 1. The van der Waals surface area contributed by atoms with Gasteiger partial charge in [0.05, 0.1) is 12.6 Å². The van der Waals surface area contributed by atoms with Gasteiger partial charge in [0.2, 0.25) is 5.91 Å². The lowest BCUT2D eigenvalue weighted by molar-refractivity contribution is -0.123. The smallest absolute Gasteiger partial charge is 0.234 e. The van der Waals surface area contributed by atoms with Crippen LogP contribution in [0.5, 0.6) is 0 Å². The molecule has 5 heteroatoms. The molecule has 2 unspecified atom stereocenters. The molecule has 116 valence electrons. The molecule has 4 nitrogen and oxygen atoms in total. The van der Waals surface area contributed by atoms with Gasteiger partial charge in [-0.1, -0.05) is 34.5 Å². The maximum atomic E-state index is 12.2. The van der Waals surface area contributed by atoms with E-state index >= 15 is 0 Å². The summed E-state index contributed by atoms with van der Waals surface area (Å²) in [5, 5.41) is 3.07. The van der Waals surface area contributed by atoms with Crippen molar-refractivity contribution in [1.82, 2.24) is 10.2 Å². The second kappa shape index (κ2) is 7.92. The van der Waals surface area contributed by atoms with Crippen molar-refractivity contribution < 1.29 is 4.79 Å². The Morgan fingerprint density at radius 3 is 2.81 bits per heavy atom. The molecule has 1 aromatic rings. The molecule has 3 N–H and O–H groups in total. The quantitative estimate of drug-likeness (QED) is 0.854. The zero-order chi connectivity index (χ0) is 15.2. The molecule has 0 saturated carbocycles. The standard InChI is InChI=1S/C16H24BrN3O/c1-12(13-5-7-14(17)8-6-13)19-16(21)11-20-9-3-2-4-15(20)10-18/h5-8,12,15H,2-4,9-11,18H2,1H3,(H,19,21). The summed E-state index contributed by atoms with van der Waals surface area (Å²) in [4.78, 5) is 14.4.